The molecule has 0 saturated heterocycles. The summed E-state index contributed by atoms with van der Waals surface area (Å²) in [5, 5.41) is 9.39. The molecule has 2 aromatic rings. The van der Waals surface area contributed by atoms with Gasteiger partial charge in [-0.1, -0.05) is 25.4 Å². The quantitative estimate of drug-likeness (QED) is 0.387. The number of aryl methyl sites for hydroxylation is 2. The molecule has 0 atom stereocenters. The first-order chi connectivity index (χ1) is 14.3. The lowest BCUT2D eigenvalue weighted by Crippen LogP contribution is -2.22. The molecule has 0 spiro atoms. The van der Waals surface area contributed by atoms with E-state index in [1.807, 2.05) is 12.1 Å². The number of carbonyl (C=O) groups excluding carboxylic acids is 1. The third-order valence-corrected chi connectivity index (χ3v) is 7.27. The van der Waals surface area contributed by atoms with Crippen molar-refractivity contribution in [2.45, 2.75) is 59.3 Å². The number of hydrogen-bond acceptors (Lipinski definition) is 5. The van der Waals surface area contributed by atoms with Crippen LogP contribution in [0.25, 0.3) is 0 Å². The van der Waals surface area contributed by atoms with Gasteiger partial charge in [-0.2, -0.15) is 0 Å². The molecule has 0 bridgehead atoms. The normalized spacial score (nSPS) is 15.0. The van der Waals surface area contributed by atoms with Crippen molar-refractivity contribution in [3.63, 3.8) is 0 Å². The van der Waals surface area contributed by atoms with Crippen LogP contribution in [-0.4, -0.2) is 31.2 Å². The summed E-state index contributed by atoms with van der Waals surface area (Å²) in [6.45, 7) is 7.18. The molecular weight excluding hydrogens is 420 g/mol. The number of rotatable bonds is 9. The maximum atomic E-state index is 13.0. The fourth-order valence-electron chi connectivity index (χ4n) is 4.04. The zero-order valence-corrected chi connectivity index (χ0v) is 19.8. The monoisotopic (exact) mass is 450 g/mol. The van der Waals surface area contributed by atoms with Crippen LogP contribution in [0.5, 0.6) is 11.5 Å². The van der Waals surface area contributed by atoms with Gasteiger partial charge in [-0.3, -0.25) is 4.79 Å². The lowest BCUT2D eigenvalue weighted by Gasteiger charge is -2.30. The molecule has 1 aliphatic rings. The lowest BCUT2D eigenvalue weighted by atomic mass is 9.74. The molecule has 0 saturated carbocycles. The molecule has 0 aliphatic heterocycles. The topological polar surface area (TPSA) is 55.8 Å². The SMILES string of the molecule is COc1cc(CCC(=O)c2sc(C)c3c2CCC(C)(C)C3)cc(Cl)c1OCCCO. The van der Waals surface area contributed by atoms with Crippen LogP contribution in [0.2, 0.25) is 5.02 Å². The van der Waals surface area contributed by atoms with E-state index in [4.69, 9.17) is 26.2 Å². The summed E-state index contributed by atoms with van der Waals surface area (Å²) < 4.78 is 11.1. The number of benzene rings is 1. The van der Waals surface area contributed by atoms with E-state index >= 15 is 0 Å². The molecular formula is C24H31ClO4S. The molecule has 0 radical (unpaired) electrons. The number of carbonyl (C=O) groups is 1. The first-order valence-electron chi connectivity index (χ1n) is 10.5. The van der Waals surface area contributed by atoms with Crippen molar-refractivity contribution in [1.82, 2.24) is 0 Å². The zero-order chi connectivity index (χ0) is 21.9. The number of ether oxygens (including phenoxy) is 2. The summed E-state index contributed by atoms with van der Waals surface area (Å²) in [5.41, 5.74) is 3.94. The standard InChI is InChI=1S/C24H31ClO4S/c1-15-18-14-24(2,3)9-8-17(18)23(30-15)20(27)7-6-16-12-19(25)22(21(13-16)28-4)29-11-5-10-26/h12-13,26H,5-11,14H2,1-4H3. The van der Waals surface area contributed by atoms with Crippen LogP contribution in [0.4, 0.5) is 0 Å². The van der Waals surface area contributed by atoms with E-state index in [2.05, 4.69) is 20.8 Å². The minimum absolute atomic E-state index is 0.0591. The molecule has 4 nitrogen and oxygen atoms in total. The van der Waals surface area contributed by atoms with Crippen molar-refractivity contribution in [3.05, 3.63) is 43.6 Å². The largest absolute Gasteiger partial charge is 0.493 e. The second-order valence-corrected chi connectivity index (χ2v) is 10.4. The Kier molecular flexibility index (Phi) is 7.48. The molecule has 1 N–H and O–H groups in total. The van der Waals surface area contributed by atoms with Gasteiger partial charge in [0.25, 0.3) is 0 Å². The highest BCUT2D eigenvalue weighted by atomic mass is 35.5. The van der Waals surface area contributed by atoms with Gasteiger partial charge in [0, 0.05) is 24.3 Å². The number of fused-ring (bicyclic) bond motifs is 1. The van der Waals surface area contributed by atoms with E-state index in [9.17, 15) is 4.79 Å². The molecule has 30 heavy (non-hydrogen) atoms. The Morgan fingerprint density at radius 1 is 1.30 bits per heavy atom. The Bertz CT molecular complexity index is 916. The van der Waals surface area contributed by atoms with Gasteiger partial charge < -0.3 is 14.6 Å². The van der Waals surface area contributed by atoms with Crippen molar-refractivity contribution in [1.29, 1.82) is 0 Å². The fraction of sp³-hybridized carbons (Fsp3) is 0.542. The van der Waals surface area contributed by atoms with Crippen molar-refractivity contribution < 1.29 is 19.4 Å². The second-order valence-electron chi connectivity index (χ2n) is 8.74. The van der Waals surface area contributed by atoms with Gasteiger partial charge in [-0.15, -0.1) is 11.3 Å². The molecule has 1 aromatic heterocycles. The lowest BCUT2D eigenvalue weighted by molar-refractivity contribution is 0.0985. The van der Waals surface area contributed by atoms with Crippen LogP contribution in [0.15, 0.2) is 12.1 Å². The van der Waals surface area contributed by atoms with Crippen molar-refractivity contribution in [3.8, 4) is 11.5 Å². The number of Topliss-reactive ketones (excluding diaryl/α,β-unsaturated/α-hetero) is 1. The second kappa shape index (κ2) is 9.71. The smallest absolute Gasteiger partial charge is 0.179 e. The van der Waals surface area contributed by atoms with Crippen LogP contribution >= 0.6 is 22.9 Å². The number of thiophene rings is 1. The summed E-state index contributed by atoms with van der Waals surface area (Å²) in [5.74, 6) is 1.24. The van der Waals surface area contributed by atoms with Crippen LogP contribution < -0.4 is 9.47 Å². The van der Waals surface area contributed by atoms with Crippen LogP contribution in [-0.2, 0) is 19.3 Å². The Hall–Kier alpha value is -1.56. The molecule has 0 amide bonds. The number of halogens is 1. The maximum Gasteiger partial charge on any atom is 0.179 e. The van der Waals surface area contributed by atoms with E-state index < -0.39 is 0 Å². The minimum atomic E-state index is 0.0591. The van der Waals surface area contributed by atoms with Gasteiger partial charge in [-0.05, 0) is 66.8 Å². The number of ketones is 1. The summed E-state index contributed by atoms with van der Waals surface area (Å²) >= 11 is 8.06. The van der Waals surface area contributed by atoms with Crippen molar-refractivity contribution >= 4 is 28.7 Å². The highest BCUT2D eigenvalue weighted by Gasteiger charge is 2.31. The third kappa shape index (κ3) is 5.19. The highest BCUT2D eigenvalue weighted by Crippen LogP contribution is 2.42. The summed E-state index contributed by atoms with van der Waals surface area (Å²) in [4.78, 5) is 15.3. The molecule has 1 heterocycles. The average molecular weight is 451 g/mol. The third-order valence-electron chi connectivity index (χ3n) is 5.76. The van der Waals surface area contributed by atoms with Gasteiger partial charge in [0.05, 0.1) is 23.6 Å². The number of hydrogen-bond donors (Lipinski definition) is 1. The number of aliphatic hydroxyl groups is 1. The van der Waals surface area contributed by atoms with Crippen LogP contribution in [0.1, 0.15) is 64.3 Å². The number of methoxy groups -OCH3 is 1. The Morgan fingerprint density at radius 2 is 2.07 bits per heavy atom. The van der Waals surface area contributed by atoms with E-state index in [1.54, 1.807) is 18.4 Å². The molecule has 164 valence electrons. The predicted octanol–water partition coefficient (Wildman–Crippen LogP) is 5.81. The summed E-state index contributed by atoms with van der Waals surface area (Å²) in [6, 6.07) is 3.72. The van der Waals surface area contributed by atoms with Gasteiger partial charge in [0.15, 0.2) is 17.3 Å². The van der Waals surface area contributed by atoms with E-state index in [0.29, 0.717) is 47.8 Å². The molecule has 0 unspecified atom stereocenters. The zero-order valence-electron chi connectivity index (χ0n) is 18.3. The highest BCUT2D eigenvalue weighted by molar-refractivity contribution is 7.14. The Labute approximate surface area is 188 Å². The maximum absolute atomic E-state index is 13.0. The molecule has 0 fully saturated rings. The molecule has 6 heteroatoms. The first-order valence-corrected chi connectivity index (χ1v) is 11.7. The van der Waals surface area contributed by atoms with Crippen LogP contribution in [0, 0.1) is 12.3 Å². The van der Waals surface area contributed by atoms with E-state index in [0.717, 1.165) is 29.7 Å². The van der Waals surface area contributed by atoms with Gasteiger partial charge in [0.1, 0.15) is 0 Å². The predicted molar refractivity (Wildman–Crippen MR) is 123 cm³/mol. The average Bonchev–Trinajstić information content (AvgIpc) is 3.02. The van der Waals surface area contributed by atoms with Crippen LogP contribution in [0.3, 0.4) is 0 Å². The minimum Gasteiger partial charge on any atom is -0.493 e. The number of aliphatic hydroxyl groups excluding tert-OH is 1. The van der Waals surface area contributed by atoms with Gasteiger partial charge >= 0.3 is 0 Å². The molecule has 1 aliphatic carbocycles. The Morgan fingerprint density at radius 3 is 2.77 bits per heavy atom. The van der Waals surface area contributed by atoms with Gasteiger partial charge in [-0.25, -0.2) is 0 Å². The van der Waals surface area contributed by atoms with E-state index in [-0.39, 0.29) is 12.4 Å². The van der Waals surface area contributed by atoms with E-state index in [1.165, 1.54) is 16.0 Å². The fourth-order valence-corrected chi connectivity index (χ4v) is 5.52. The first kappa shape index (κ1) is 23.1. The summed E-state index contributed by atoms with van der Waals surface area (Å²) in [7, 11) is 1.57. The molecule has 1 aromatic carbocycles. The Balaban J connectivity index is 1.72. The van der Waals surface area contributed by atoms with Gasteiger partial charge in [0.2, 0.25) is 0 Å². The van der Waals surface area contributed by atoms with Crippen molar-refractivity contribution in [2.24, 2.45) is 5.41 Å². The summed E-state index contributed by atoms with van der Waals surface area (Å²) in [6.07, 6.45) is 4.75. The molecule has 3 rings (SSSR count). The van der Waals surface area contributed by atoms with Crippen molar-refractivity contribution in [2.75, 3.05) is 20.3 Å².